The zero-order chi connectivity index (χ0) is 33.4. The summed E-state index contributed by atoms with van der Waals surface area (Å²) in [7, 11) is 0. The minimum atomic E-state index is -0.924. The quantitative estimate of drug-likeness (QED) is 0.0999. The normalized spacial score (nSPS) is 25.6. The van der Waals surface area contributed by atoms with Gasteiger partial charge in [0.1, 0.15) is 6.10 Å². The first kappa shape index (κ1) is 36.4. The molecule has 260 valence electrons. The summed E-state index contributed by atoms with van der Waals surface area (Å²) in [6.45, 7) is 10.1. The molecule has 1 aliphatic heterocycles. The SMILES string of the molecule is CCCCCCCCCCC1(NC(=O)NC2CCCC2C(CC(=O)O)c2[nH]ccc2C(=O)C2OC(C)(C)OCC2(C)C)CCCC1. The molecule has 4 N–H and O–H groups in total. The predicted molar refractivity (Wildman–Crippen MR) is 180 cm³/mol. The van der Waals surface area contributed by atoms with Gasteiger partial charge in [-0.05, 0) is 57.9 Å². The molecule has 2 amide bonds. The molecule has 4 unspecified atom stereocenters. The van der Waals surface area contributed by atoms with Gasteiger partial charge in [-0.2, -0.15) is 0 Å². The van der Waals surface area contributed by atoms with Gasteiger partial charge in [-0.3, -0.25) is 9.59 Å². The first-order valence-electron chi connectivity index (χ1n) is 18.2. The Balaban J connectivity index is 1.42. The molecule has 0 spiro atoms. The van der Waals surface area contributed by atoms with Crippen LogP contribution in [0.4, 0.5) is 4.79 Å². The highest BCUT2D eigenvalue weighted by molar-refractivity contribution is 6.01. The van der Waals surface area contributed by atoms with Gasteiger partial charge in [-0.1, -0.05) is 91.4 Å². The average molecular weight is 644 g/mol. The number of nitrogens with one attached hydrogen (secondary N) is 3. The molecule has 2 heterocycles. The number of aromatic amines is 1. The van der Waals surface area contributed by atoms with Crippen molar-refractivity contribution < 1.29 is 29.0 Å². The number of rotatable bonds is 17. The standard InChI is InChI=1S/C37H61N3O6/c1-6-7-8-9-10-11-12-13-20-37(21-14-15-22-37)40-34(44)39-29-18-16-17-26(29)28(24-30(41)42)31-27(19-23-38-31)32(43)33-35(2,3)25-45-36(4,5)46-33/h19,23,26,28-29,33,38H,6-18,20-22,24-25H2,1-5H3,(H,41,42)(H2,39,40,44). The van der Waals surface area contributed by atoms with Crippen LogP contribution in [0.2, 0.25) is 0 Å². The molecule has 9 heteroatoms. The number of carbonyl (C=O) groups excluding carboxylic acids is 2. The van der Waals surface area contributed by atoms with Crippen LogP contribution in [0, 0.1) is 11.3 Å². The van der Waals surface area contributed by atoms with E-state index in [2.05, 4.69) is 22.5 Å². The van der Waals surface area contributed by atoms with Gasteiger partial charge >= 0.3 is 12.0 Å². The Morgan fingerprint density at radius 2 is 1.65 bits per heavy atom. The zero-order valence-corrected chi connectivity index (χ0v) is 29.2. The molecule has 0 aromatic carbocycles. The fraction of sp³-hybridized carbons (Fsp3) is 0.811. The van der Waals surface area contributed by atoms with E-state index < -0.39 is 29.2 Å². The number of ketones is 1. The molecule has 1 aromatic heterocycles. The van der Waals surface area contributed by atoms with E-state index in [-0.39, 0.29) is 35.7 Å². The molecule has 4 atom stereocenters. The smallest absolute Gasteiger partial charge is 0.315 e. The Labute approximate surface area is 276 Å². The molecule has 4 rings (SSSR count). The van der Waals surface area contributed by atoms with Crippen molar-refractivity contribution in [3.8, 4) is 0 Å². The Kier molecular flexibility index (Phi) is 12.8. The first-order chi connectivity index (χ1) is 21.9. The minimum absolute atomic E-state index is 0.112. The molecule has 0 radical (unpaired) electrons. The Bertz CT molecular complexity index is 1150. The summed E-state index contributed by atoms with van der Waals surface area (Å²) >= 11 is 0. The lowest BCUT2D eigenvalue weighted by Gasteiger charge is -2.45. The maximum atomic E-state index is 14.0. The molecule has 0 bridgehead atoms. The number of ether oxygens (including phenoxy) is 2. The van der Waals surface area contributed by atoms with Crippen LogP contribution in [0.1, 0.15) is 166 Å². The third-order valence-corrected chi connectivity index (χ3v) is 10.8. The fourth-order valence-electron chi connectivity index (χ4n) is 8.20. The number of aromatic nitrogens is 1. The highest BCUT2D eigenvalue weighted by atomic mass is 16.7. The summed E-state index contributed by atoms with van der Waals surface area (Å²) in [5.41, 5.74) is 0.387. The molecular formula is C37H61N3O6. The van der Waals surface area contributed by atoms with E-state index in [1.807, 2.05) is 13.8 Å². The number of carboxylic acids is 1. The zero-order valence-electron chi connectivity index (χ0n) is 29.2. The lowest BCUT2D eigenvalue weighted by atomic mass is 9.78. The lowest BCUT2D eigenvalue weighted by molar-refractivity contribution is -0.298. The molecule has 2 aliphatic carbocycles. The topological polar surface area (TPSA) is 130 Å². The molecule has 9 nitrogen and oxygen atoms in total. The lowest BCUT2D eigenvalue weighted by Crippen LogP contribution is -2.54. The van der Waals surface area contributed by atoms with Crippen LogP contribution >= 0.6 is 0 Å². The Hall–Kier alpha value is -2.39. The maximum absolute atomic E-state index is 14.0. The second-order valence-electron chi connectivity index (χ2n) is 15.6. The van der Waals surface area contributed by atoms with Gasteiger partial charge in [0.15, 0.2) is 11.6 Å². The van der Waals surface area contributed by atoms with Crippen molar-refractivity contribution in [1.82, 2.24) is 15.6 Å². The van der Waals surface area contributed by atoms with Crippen LogP contribution < -0.4 is 10.6 Å². The van der Waals surface area contributed by atoms with Gasteiger partial charge in [-0.15, -0.1) is 0 Å². The van der Waals surface area contributed by atoms with Crippen molar-refractivity contribution in [1.29, 1.82) is 0 Å². The van der Waals surface area contributed by atoms with Gasteiger partial charge < -0.3 is 30.2 Å². The Morgan fingerprint density at radius 3 is 2.33 bits per heavy atom. The largest absolute Gasteiger partial charge is 0.481 e. The van der Waals surface area contributed by atoms with Gasteiger partial charge in [0.05, 0.1) is 13.0 Å². The molecule has 1 saturated heterocycles. The van der Waals surface area contributed by atoms with E-state index in [0.717, 1.165) is 57.8 Å². The minimum Gasteiger partial charge on any atom is -0.481 e. The number of H-pyrrole nitrogens is 1. The summed E-state index contributed by atoms with van der Waals surface area (Å²) in [5, 5.41) is 16.7. The van der Waals surface area contributed by atoms with Crippen molar-refractivity contribution in [3.63, 3.8) is 0 Å². The molecule has 2 saturated carbocycles. The third-order valence-electron chi connectivity index (χ3n) is 10.8. The van der Waals surface area contributed by atoms with E-state index in [4.69, 9.17) is 9.47 Å². The van der Waals surface area contributed by atoms with Crippen molar-refractivity contribution in [2.24, 2.45) is 11.3 Å². The molecule has 3 fully saturated rings. The number of unbranched alkanes of at least 4 members (excludes halogenated alkanes) is 7. The number of hydrogen-bond acceptors (Lipinski definition) is 5. The summed E-state index contributed by atoms with van der Waals surface area (Å²) < 4.78 is 12.0. The van der Waals surface area contributed by atoms with Gasteiger partial charge in [0.25, 0.3) is 0 Å². The number of Topliss-reactive ketones (excluding diaryl/α,β-unsaturated/α-hetero) is 1. The van der Waals surface area contributed by atoms with E-state index in [1.54, 1.807) is 26.1 Å². The van der Waals surface area contributed by atoms with Crippen molar-refractivity contribution in [2.75, 3.05) is 6.61 Å². The van der Waals surface area contributed by atoms with Crippen molar-refractivity contribution in [3.05, 3.63) is 23.5 Å². The first-order valence-corrected chi connectivity index (χ1v) is 18.2. The number of carbonyl (C=O) groups is 3. The van der Waals surface area contributed by atoms with Crippen LogP contribution in [0.25, 0.3) is 0 Å². The number of aliphatic carboxylic acids is 1. The Morgan fingerprint density at radius 1 is 0.978 bits per heavy atom. The number of urea groups is 1. The summed E-state index contributed by atoms with van der Waals surface area (Å²) in [4.78, 5) is 43.0. The van der Waals surface area contributed by atoms with Gasteiger partial charge in [-0.25, -0.2) is 4.79 Å². The van der Waals surface area contributed by atoms with Crippen molar-refractivity contribution >= 4 is 17.8 Å². The summed E-state index contributed by atoms with van der Waals surface area (Å²) in [6.07, 6.45) is 18.8. The van der Waals surface area contributed by atoms with Gasteiger partial charge in [0.2, 0.25) is 0 Å². The van der Waals surface area contributed by atoms with E-state index in [0.29, 0.717) is 17.9 Å². The van der Waals surface area contributed by atoms with Crippen LogP contribution in [0.15, 0.2) is 12.3 Å². The highest BCUT2D eigenvalue weighted by Crippen LogP contribution is 2.43. The van der Waals surface area contributed by atoms with E-state index in [9.17, 15) is 19.5 Å². The fourth-order valence-corrected chi connectivity index (χ4v) is 8.20. The molecular weight excluding hydrogens is 582 g/mol. The molecule has 3 aliphatic rings. The monoisotopic (exact) mass is 643 g/mol. The maximum Gasteiger partial charge on any atom is 0.315 e. The van der Waals surface area contributed by atoms with Gasteiger partial charge in [0, 0.05) is 40.4 Å². The van der Waals surface area contributed by atoms with E-state index in [1.165, 1.54) is 44.9 Å². The predicted octanol–water partition coefficient (Wildman–Crippen LogP) is 8.24. The van der Waals surface area contributed by atoms with Crippen LogP contribution in [-0.2, 0) is 14.3 Å². The number of hydrogen-bond donors (Lipinski definition) is 4. The summed E-state index contributed by atoms with van der Waals surface area (Å²) in [6, 6.07) is 1.43. The second kappa shape index (κ2) is 16.1. The van der Waals surface area contributed by atoms with Crippen molar-refractivity contribution in [2.45, 2.75) is 173 Å². The number of amides is 2. The second-order valence-corrected chi connectivity index (χ2v) is 15.6. The number of carboxylic acid groups (broad SMARTS) is 1. The third kappa shape index (κ3) is 9.59. The van der Waals surface area contributed by atoms with Crippen LogP contribution in [-0.4, -0.2) is 58.0 Å². The molecule has 1 aromatic rings. The van der Waals surface area contributed by atoms with Crippen LogP contribution in [0.5, 0.6) is 0 Å². The average Bonchev–Trinajstić information content (AvgIpc) is 3.76. The van der Waals surface area contributed by atoms with Crippen LogP contribution in [0.3, 0.4) is 0 Å². The highest BCUT2D eigenvalue weighted by Gasteiger charge is 2.47. The molecule has 46 heavy (non-hydrogen) atoms. The summed E-state index contributed by atoms with van der Waals surface area (Å²) in [5.74, 6) is -2.55. The van der Waals surface area contributed by atoms with E-state index >= 15 is 0 Å².